The van der Waals surface area contributed by atoms with Crippen LogP contribution >= 0.6 is 0 Å². The minimum atomic E-state index is -1.01. The normalized spacial score (nSPS) is 16.2. The van der Waals surface area contributed by atoms with Crippen molar-refractivity contribution in [3.05, 3.63) is 107 Å². The van der Waals surface area contributed by atoms with Gasteiger partial charge in [0.15, 0.2) is 0 Å². The summed E-state index contributed by atoms with van der Waals surface area (Å²) >= 11 is 0. The number of aromatic nitrogens is 2. The number of carbonyl (C=O) groups excluding carboxylic acids is 1. The number of fused-ring (bicyclic) bond motifs is 4. The van der Waals surface area contributed by atoms with E-state index >= 15 is 0 Å². The number of aliphatic carboxylic acids is 1. The summed E-state index contributed by atoms with van der Waals surface area (Å²) < 4.78 is 7.36. The van der Waals surface area contributed by atoms with Crippen LogP contribution < -0.4 is 4.74 Å². The van der Waals surface area contributed by atoms with Crippen LogP contribution in [0.25, 0.3) is 11.1 Å². The number of carbonyl (C=O) groups is 2. The van der Waals surface area contributed by atoms with Gasteiger partial charge < -0.3 is 19.3 Å². The van der Waals surface area contributed by atoms with Crippen molar-refractivity contribution in [3.63, 3.8) is 0 Å². The monoisotopic (exact) mass is 493 g/mol. The number of carboxylic acids is 1. The van der Waals surface area contributed by atoms with Crippen LogP contribution in [0.15, 0.2) is 73.1 Å². The van der Waals surface area contributed by atoms with E-state index in [1.165, 1.54) is 4.90 Å². The zero-order chi connectivity index (χ0) is 25.7. The van der Waals surface area contributed by atoms with Crippen LogP contribution in [0.1, 0.15) is 39.6 Å². The Morgan fingerprint density at radius 1 is 1.03 bits per heavy atom. The van der Waals surface area contributed by atoms with Crippen molar-refractivity contribution in [2.75, 3.05) is 7.11 Å². The Labute approximate surface area is 215 Å². The van der Waals surface area contributed by atoms with Crippen LogP contribution in [0.5, 0.6) is 5.75 Å². The second-order valence-corrected chi connectivity index (χ2v) is 9.70. The molecule has 1 aliphatic carbocycles. The Bertz CT molecular complexity index is 1490. The van der Waals surface area contributed by atoms with Gasteiger partial charge in [-0.15, -0.1) is 0 Å². The Hall–Kier alpha value is -4.39. The van der Waals surface area contributed by atoms with Crippen LogP contribution in [0.2, 0.25) is 0 Å². The van der Waals surface area contributed by atoms with Crippen LogP contribution in [-0.4, -0.2) is 44.6 Å². The molecule has 2 aliphatic rings. The first-order chi connectivity index (χ1) is 18.0. The molecule has 1 aromatic heterocycles. The second kappa shape index (κ2) is 8.92. The lowest BCUT2D eigenvalue weighted by molar-refractivity contribution is -0.151. The molecule has 1 amide bonds. The maximum atomic E-state index is 14.1. The molecule has 2 heterocycles. The maximum Gasteiger partial charge on any atom is 0.326 e. The van der Waals surface area contributed by atoms with Gasteiger partial charge in [0.2, 0.25) is 5.91 Å². The summed E-state index contributed by atoms with van der Waals surface area (Å²) in [7, 11) is 1.65. The van der Waals surface area contributed by atoms with Crippen molar-refractivity contribution in [1.29, 1.82) is 0 Å². The summed E-state index contributed by atoms with van der Waals surface area (Å²) in [5.41, 5.74) is 7.61. The third-order valence-electron chi connectivity index (χ3n) is 7.58. The third-order valence-corrected chi connectivity index (χ3v) is 7.58. The van der Waals surface area contributed by atoms with Crippen molar-refractivity contribution >= 4 is 11.9 Å². The van der Waals surface area contributed by atoms with Gasteiger partial charge >= 0.3 is 5.97 Å². The van der Waals surface area contributed by atoms with Crippen LogP contribution in [0, 0.1) is 6.92 Å². The lowest BCUT2D eigenvalue weighted by Crippen LogP contribution is -2.50. The topological polar surface area (TPSA) is 84.7 Å². The van der Waals surface area contributed by atoms with E-state index in [9.17, 15) is 14.7 Å². The molecule has 0 radical (unpaired) electrons. The number of amides is 1. The fraction of sp³-hybridized carbons (Fsp3) is 0.233. The molecule has 0 unspecified atom stereocenters. The van der Waals surface area contributed by atoms with Gasteiger partial charge in [-0.1, -0.05) is 60.7 Å². The van der Waals surface area contributed by atoms with Crippen molar-refractivity contribution in [3.8, 4) is 16.9 Å². The quantitative estimate of drug-likeness (QED) is 0.446. The van der Waals surface area contributed by atoms with E-state index in [-0.39, 0.29) is 18.9 Å². The Morgan fingerprint density at radius 2 is 1.70 bits per heavy atom. The van der Waals surface area contributed by atoms with Gasteiger partial charge in [-0.25, -0.2) is 9.78 Å². The molecule has 0 saturated carbocycles. The largest absolute Gasteiger partial charge is 0.496 e. The molecule has 0 saturated heterocycles. The lowest BCUT2D eigenvalue weighted by Gasteiger charge is -2.35. The summed E-state index contributed by atoms with van der Waals surface area (Å²) in [6.45, 7) is 2.73. The number of hydrogen-bond acceptors (Lipinski definition) is 4. The highest BCUT2D eigenvalue weighted by Gasteiger charge is 2.43. The predicted molar refractivity (Wildman–Crippen MR) is 138 cm³/mol. The van der Waals surface area contributed by atoms with Gasteiger partial charge in [0.05, 0.1) is 31.6 Å². The molecular formula is C30H27N3O4. The predicted octanol–water partition coefficient (Wildman–Crippen LogP) is 4.40. The van der Waals surface area contributed by atoms with Gasteiger partial charge in [0, 0.05) is 18.7 Å². The zero-order valence-electron chi connectivity index (χ0n) is 20.7. The fourth-order valence-electron chi connectivity index (χ4n) is 5.79. The third kappa shape index (κ3) is 3.78. The molecule has 0 fully saturated rings. The van der Waals surface area contributed by atoms with Gasteiger partial charge in [-0.3, -0.25) is 4.79 Å². The number of hydrogen-bond donors (Lipinski definition) is 1. The molecule has 0 spiro atoms. The molecule has 6 rings (SSSR count). The number of nitrogens with zero attached hydrogens (tertiary/aromatic N) is 3. The SMILES string of the molecule is COc1ccc(Cn2cnc3c2C[C@@H](C(=O)O)N(C(=O)C2c4ccccc4-c4ccccc42)C3)cc1C. The number of imidazole rings is 1. The lowest BCUT2D eigenvalue weighted by atomic mass is 9.92. The molecule has 7 heteroatoms. The van der Waals surface area contributed by atoms with Gasteiger partial charge in [-0.05, 0) is 46.4 Å². The molecule has 1 N–H and O–H groups in total. The first-order valence-corrected chi connectivity index (χ1v) is 12.3. The molecule has 4 aromatic rings. The van der Waals surface area contributed by atoms with Gasteiger partial charge in [0.25, 0.3) is 0 Å². The van der Waals surface area contributed by atoms with Gasteiger partial charge in [-0.2, -0.15) is 0 Å². The van der Waals surface area contributed by atoms with Crippen molar-refractivity contribution in [2.24, 2.45) is 0 Å². The molecule has 1 atom stereocenters. The van der Waals surface area contributed by atoms with Crippen molar-refractivity contribution in [1.82, 2.24) is 14.5 Å². The minimum Gasteiger partial charge on any atom is -0.496 e. The fourth-order valence-corrected chi connectivity index (χ4v) is 5.79. The molecular weight excluding hydrogens is 466 g/mol. The van der Waals surface area contributed by atoms with E-state index in [0.29, 0.717) is 6.54 Å². The standard InChI is InChI=1S/C30H27N3O4/c1-18-13-19(11-12-27(18)37-2)15-32-17-31-24-16-33(26(30(35)36)14-25(24)32)29(34)28-22-9-5-3-7-20(22)21-8-4-6-10-23(21)28/h3-13,17,26,28H,14-16H2,1-2H3,(H,35,36)/t26-/m0/s1. The summed E-state index contributed by atoms with van der Waals surface area (Å²) in [6.07, 6.45) is 1.96. The number of methoxy groups -OCH3 is 1. The summed E-state index contributed by atoms with van der Waals surface area (Å²) in [5, 5.41) is 10.2. The number of ether oxygens (including phenoxy) is 1. The molecule has 37 heavy (non-hydrogen) atoms. The number of benzene rings is 3. The molecule has 3 aromatic carbocycles. The van der Waals surface area contributed by atoms with E-state index in [1.54, 1.807) is 13.4 Å². The van der Waals surface area contributed by atoms with E-state index < -0.39 is 17.9 Å². The van der Waals surface area contributed by atoms with E-state index in [0.717, 1.165) is 50.5 Å². The second-order valence-electron chi connectivity index (χ2n) is 9.70. The molecule has 7 nitrogen and oxygen atoms in total. The highest BCUT2D eigenvalue weighted by atomic mass is 16.5. The van der Waals surface area contributed by atoms with E-state index in [1.807, 2.05) is 72.2 Å². The highest BCUT2D eigenvalue weighted by molar-refractivity contribution is 5.98. The Balaban J connectivity index is 1.33. The van der Waals surface area contributed by atoms with Crippen LogP contribution in [-0.2, 0) is 29.1 Å². The van der Waals surface area contributed by atoms with Crippen LogP contribution in [0.3, 0.4) is 0 Å². The number of aryl methyl sites for hydroxylation is 1. The van der Waals surface area contributed by atoms with Crippen LogP contribution in [0.4, 0.5) is 0 Å². The average molecular weight is 494 g/mol. The number of carboxylic acid groups (broad SMARTS) is 1. The Morgan fingerprint density at radius 3 is 2.32 bits per heavy atom. The summed E-state index contributed by atoms with van der Waals surface area (Å²) in [6, 6.07) is 20.8. The summed E-state index contributed by atoms with van der Waals surface area (Å²) in [5.74, 6) is -0.908. The zero-order valence-corrected chi connectivity index (χ0v) is 20.7. The number of rotatable bonds is 5. The summed E-state index contributed by atoms with van der Waals surface area (Å²) in [4.78, 5) is 32.6. The first-order valence-electron chi connectivity index (χ1n) is 12.3. The van der Waals surface area contributed by atoms with E-state index in [2.05, 4.69) is 11.1 Å². The molecule has 0 bridgehead atoms. The van der Waals surface area contributed by atoms with E-state index in [4.69, 9.17) is 4.74 Å². The molecule has 186 valence electrons. The van der Waals surface area contributed by atoms with Gasteiger partial charge in [0.1, 0.15) is 11.8 Å². The molecule has 1 aliphatic heterocycles. The van der Waals surface area contributed by atoms with Crippen molar-refractivity contribution in [2.45, 2.75) is 38.4 Å². The van der Waals surface area contributed by atoms with Crippen molar-refractivity contribution < 1.29 is 19.4 Å². The smallest absolute Gasteiger partial charge is 0.326 e. The maximum absolute atomic E-state index is 14.1. The first kappa shape index (κ1) is 23.0. The Kier molecular flexibility index (Phi) is 5.56. The minimum absolute atomic E-state index is 0.167. The highest BCUT2D eigenvalue weighted by Crippen LogP contribution is 2.46. The average Bonchev–Trinajstić information content (AvgIpc) is 3.46.